The Balaban J connectivity index is 1.70. The third-order valence-corrected chi connectivity index (χ3v) is 6.17. The second kappa shape index (κ2) is 11.5. The van der Waals surface area contributed by atoms with E-state index in [-0.39, 0.29) is 17.4 Å². The number of ether oxygens (including phenoxy) is 1. The van der Waals surface area contributed by atoms with Gasteiger partial charge >= 0.3 is 0 Å². The lowest BCUT2D eigenvalue weighted by molar-refractivity contribution is -0.126. The van der Waals surface area contributed by atoms with Crippen molar-refractivity contribution in [1.29, 1.82) is 0 Å². The summed E-state index contributed by atoms with van der Waals surface area (Å²) >= 11 is 0. The number of rotatable bonds is 9. The maximum absolute atomic E-state index is 15.1. The van der Waals surface area contributed by atoms with E-state index in [0.717, 1.165) is 25.7 Å². The van der Waals surface area contributed by atoms with Gasteiger partial charge in [0.2, 0.25) is 11.8 Å². The van der Waals surface area contributed by atoms with Gasteiger partial charge in [-0.2, -0.15) is 0 Å². The molecule has 36 heavy (non-hydrogen) atoms. The molecule has 0 spiro atoms. The van der Waals surface area contributed by atoms with Crippen molar-refractivity contribution in [1.82, 2.24) is 10.6 Å². The van der Waals surface area contributed by atoms with Crippen LogP contribution in [0, 0.1) is 5.82 Å². The van der Waals surface area contributed by atoms with Gasteiger partial charge in [-0.3, -0.25) is 19.3 Å². The van der Waals surface area contributed by atoms with Crippen LogP contribution in [0.15, 0.2) is 71.3 Å². The van der Waals surface area contributed by atoms with Crippen molar-refractivity contribution in [3.05, 3.63) is 84.1 Å². The molecule has 4 rings (SSSR count). The maximum Gasteiger partial charge on any atom is 0.287 e. The summed E-state index contributed by atoms with van der Waals surface area (Å²) in [5.74, 6) is -1.70. The second-order valence-corrected chi connectivity index (χ2v) is 8.54. The fourth-order valence-electron chi connectivity index (χ4n) is 4.36. The number of amides is 3. The molecule has 1 fully saturated rings. The molecular formula is C27H28FN3O5. The van der Waals surface area contributed by atoms with E-state index in [9.17, 15) is 14.4 Å². The van der Waals surface area contributed by atoms with Crippen molar-refractivity contribution in [2.45, 2.75) is 37.8 Å². The molecule has 1 saturated carbocycles. The molecule has 1 aliphatic carbocycles. The number of carbonyl (C=O) groups is 3. The van der Waals surface area contributed by atoms with Crippen LogP contribution in [0.25, 0.3) is 0 Å². The van der Waals surface area contributed by atoms with Gasteiger partial charge in [0.15, 0.2) is 5.76 Å². The van der Waals surface area contributed by atoms with E-state index in [0.29, 0.717) is 11.4 Å². The normalized spacial score (nSPS) is 14.2. The van der Waals surface area contributed by atoms with Crippen LogP contribution in [0.5, 0.6) is 5.75 Å². The van der Waals surface area contributed by atoms with Crippen molar-refractivity contribution in [3.8, 4) is 5.75 Å². The van der Waals surface area contributed by atoms with Crippen LogP contribution >= 0.6 is 0 Å². The quantitative estimate of drug-likeness (QED) is 0.470. The predicted octanol–water partition coefficient (Wildman–Crippen LogP) is 3.99. The highest BCUT2D eigenvalue weighted by atomic mass is 19.1. The highest BCUT2D eigenvalue weighted by Crippen LogP contribution is 2.31. The number of carbonyl (C=O) groups excluding carboxylic acids is 3. The first kappa shape index (κ1) is 25.0. The number of hydrogen-bond donors (Lipinski definition) is 2. The molecule has 0 bridgehead atoms. The van der Waals surface area contributed by atoms with E-state index < -0.39 is 36.1 Å². The minimum atomic E-state index is -1.30. The Kier molecular flexibility index (Phi) is 7.99. The van der Waals surface area contributed by atoms with Gasteiger partial charge in [-0.25, -0.2) is 4.39 Å². The van der Waals surface area contributed by atoms with Crippen LogP contribution < -0.4 is 20.3 Å². The van der Waals surface area contributed by atoms with Crippen molar-refractivity contribution in [2.75, 3.05) is 18.6 Å². The van der Waals surface area contributed by atoms with Gasteiger partial charge in [-0.15, -0.1) is 0 Å². The molecule has 2 N–H and O–H groups in total. The molecule has 3 aromatic rings. The Labute approximate surface area is 208 Å². The zero-order valence-corrected chi connectivity index (χ0v) is 19.9. The summed E-state index contributed by atoms with van der Waals surface area (Å²) in [6.45, 7) is -0.437. The summed E-state index contributed by atoms with van der Waals surface area (Å²) < 4.78 is 25.4. The monoisotopic (exact) mass is 493 g/mol. The molecule has 8 nitrogen and oxygen atoms in total. The Morgan fingerprint density at radius 3 is 2.42 bits per heavy atom. The Morgan fingerprint density at radius 1 is 1.06 bits per heavy atom. The molecule has 1 aromatic heterocycles. The van der Waals surface area contributed by atoms with E-state index in [4.69, 9.17) is 9.15 Å². The number of furan rings is 1. The Morgan fingerprint density at radius 2 is 1.78 bits per heavy atom. The highest BCUT2D eigenvalue weighted by Gasteiger charge is 2.36. The molecule has 1 heterocycles. The van der Waals surface area contributed by atoms with Gasteiger partial charge < -0.3 is 19.8 Å². The first-order valence-corrected chi connectivity index (χ1v) is 11.8. The maximum atomic E-state index is 15.1. The van der Waals surface area contributed by atoms with E-state index in [1.165, 1.54) is 42.5 Å². The number of anilines is 1. The fourth-order valence-corrected chi connectivity index (χ4v) is 4.36. The number of benzene rings is 2. The fraction of sp³-hybridized carbons (Fsp3) is 0.296. The van der Waals surface area contributed by atoms with Crippen LogP contribution in [-0.4, -0.2) is 37.4 Å². The van der Waals surface area contributed by atoms with Crippen LogP contribution in [-0.2, 0) is 9.59 Å². The van der Waals surface area contributed by atoms with Crippen LogP contribution in [0.1, 0.15) is 47.8 Å². The lowest BCUT2D eigenvalue weighted by atomic mass is 10.0. The summed E-state index contributed by atoms with van der Waals surface area (Å²) in [6, 6.07) is 14.1. The van der Waals surface area contributed by atoms with Gasteiger partial charge in [0.25, 0.3) is 5.91 Å². The first-order valence-electron chi connectivity index (χ1n) is 11.8. The molecule has 0 saturated heterocycles. The lowest BCUT2D eigenvalue weighted by Gasteiger charge is -2.32. The summed E-state index contributed by atoms with van der Waals surface area (Å²) in [7, 11) is 1.51. The molecule has 1 atom stereocenters. The number of hydrogen-bond acceptors (Lipinski definition) is 5. The molecule has 3 amide bonds. The van der Waals surface area contributed by atoms with E-state index >= 15 is 4.39 Å². The van der Waals surface area contributed by atoms with Gasteiger partial charge in [0.1, 0.15) is 17.6 Å². The highest BCUT2D eigenvalue weighted by molar-refractivity contribution is 6.04. The third kappa shape index (κ3) is 5.73. The second-order valence-electron chi connectivity index (χ2n) is 8.54. The molecule has 0 radical (unpaired) electrons. The Hall–Kier alpha value is -4.14. The number of methoxy groups -OCH3 is 1. The first-order chi connectivity index (χ1) is 17.5. The van der Waals surface area contributed by atoms with Gasteiger partial charge in [-0.1, -0.05) is 31.0 Å². The van der Waals surface area contributed by atoms with Gasteiger partial charge in [-0.05, 0) is 55.3 Å². The zero-order chi connectivity index (χ0) is 25.5. The van der Waals surface area contributed by atoms with Crippen molar-refractivity contribution < 1.29 is 27.9 Å². The largest absolute Gasteiger partial charge is 0.497 e. The molecule has 1 aliphatic rings. The van der Waals surface area contributed by atoms with Crippen LogP contribution in [0.3, 0.4) is 0 Å². The average Bonchev–Trinajstić information content (AvgIpc) is 3.61. The molecule has 0 aliphatic heterocycles. The summed E-state index contributed by atoms with van der Waals surface area (Å²) in [4.78, 5) is 40.8. The SMILES string of the molecule is COc1ccc(N(C(=O)CNC(=O)c2ccco2)C(C(=O)NC2CCCC2)c2ccccc2F)cc1. The molecule has 9 heteroatoms. The van der Waals surface area contributed by atoms with Gasteiger partial charge in [0, 0.05) is 17.3 Å². The zero-order valence-electron chi connectivity index (χ0n) is 19.9. The molecule has 188 valence electrons. The number of nitrogens with zero attached hydrogens (tertiary/aromatic N) is 1. The minimum absolute atomic E-state index is 0.0433. The van der Waals surface area contributed by atoms with E-state index in [1.54, 1.807) is 36.4 Å². The Bertz CT molecular complexity index is 1190. The van der Waals surface area contributed by atoms with Crippen molar-refractivity contribution in [2.24, 2.45) is 0 Å². The molecule has 1 unspecified atom stereocenters. The lowest BCUT2D eigenvalue weighted by Crippen LogP contribution is -2.49. The third-order valence-electron chi connectivity index (χ3n) is 6.17. The summed E-state index contributed by atoms with van der Waals surface area (Å²) in [6.07, 6.45) is 4.99. The predicted molar refractivity (Wildman–Crippen MR) is 131 cm³/mol. The van der Waals surface area contributed by atoms with Crippen molar-refractivity contribution in [3.63, 3.8) is 0 Å². The smallest absolute Gasteiger partial charge is 0.287 e. The van der Waals surface area contributed by atoms with E-state index in [2.05, 4.69) is 10.6 Å². The summed E-state index contributed by atoms with van der Waals surface area (Å²) in [5, 5.41) is 5.51. The van der Waals surface area contributed by atoms with E-state index in [1.807, 2.05) is 0 Å². The topological polar surface area (TPSA) is 101 Å². The average molecular weight is 494 g/mol. The van der Waals surface area contributed by atoms with Crippen molar-refractivity contribution >= 4 is 23.4 Å². The minimum Gasteiger partial charge on any atom is -0.497 e. The van der Waals surface area contributed by atoms with Gasteiger partial charge in [0.05, 0.1) is 19.9 Å². The standard InChI is InChI=1S/C27H28FN3O5/c1-35-20-14-12-19(13-15-20)31(24(32)17-29-26(33)23-11-6-16-36-23)25(21-9-4-5-10-22(21)28)27(34)30-18-7-2-3-8-18/h4-6,9-16,18,25H,2-3,7-8,17H2,1H3,(H,29,33)(H,30,34). The van der Waals surface area contributed by atoms with Crippen LogP contribution in [0.4, 0.5) is 10.1 Å². The number of nitrogens with one attached hydrogen (secondary N) is 2. The van der Waals surface area contributed by atoms with Crippen LogP contribution in [0.2, 0.25) is 0 Å². The molecular weight excluding hydrogens is 465 g/mol. The number of halogens is 1. The molecule has 2 aromatic carbocycles. The summed E-state index contributed by atoms with van der Waals surface area (Å²) in [5.41, 5.74) is 0.400.